The number of benzene rings is 1. The molecule has 3 fully saturated rings. The van der Waals surface area contributed by atoms with E-state index < -0.39 is 0 Å². The number of rotatable bonds is 4. The summed E-state index contributed by atoms with van der Waals surface area (Å²) in [6.45, 7) is 6.31. The molecule has 0 spiro atoms. The first kappa shape index (κ1) is 20.8. The molecular weight excluding hydrogens is 416 g/mol. The second-order valence-electron chi connectivity index (χ2n) is 9.40. The lowest BCUT2D eigenvalue weighted by atomic mass is 10.1. The zero-order valence-corrected chi connectivity index (χ0v) is 19.0. The van der Waals surface area contributed by atoms with Crippen molar-refractivity contribution in [1.82, 2.24) is 9.97 Å². The Balaban J connectivity index is 1.45. The number of aliphatic hydroxyl groups excluding tert-OH is 1. The van der Waals surface area contributed by atoms with E-state index in [4.69, 9.17) is 19.4 Å². The Morgan fingerprint density at radius 1 is 1.03 bits per heavy atom. The lowest BCUT2D eigenvalue weighted by Gasteiger charge is -2.37. The fourth-order valence-corrected chi connectivity index (χ4v) is 5.30. The van der Waals surface area contributed by atoms with Crippen molar-refractivity contribution in [2.75, 3.05) is 42.6 Å². The number of fused-ring (bicyclic) bond motifs is 3. The van der Waals surface area contributed by atoms with Crippen molar-refractivity contribution in [3.05, 3.63) is 48.0 Å². The fraction of sp³-hybridized carbons (Fsp3) is 0.462. The lowest BCUT2D eigenvalue weighted by Crippen LogP contribution is -2.45. The number of morpholine rings is 2. The van der Waals surface area contributed by atoms with Gasteiger partial charge in [0.1, 0.15) is 5.82 Å². The molecule has 3 saturated heterocycles. The molecule has 0 radical (unpaired) electrons. The Morgan fingerprint density at radius 2 is 1.82 bits per heavy atom. The molecule has 0 saturated carbocycles. The number of pyridine rings is 2. The fourth-order valence-electron chi connectivity index (χ4n) is 5.30. The van der Waals surface area contributed by atoms with Gasteiger partial charge >= 0.3 is 0 Å². The van der Waals surface area contributed by atoms with E-state index in [9.17, 15) is 5.11 Å². The Bertz CT molecular complexity index is 1140. The monoisotopic (exact) mass is 446 g/mol. The zero-order chi connectivity index (χ0) is 22.4. The first-order chi connectivity index (χ1) is 16.2. The van der Waals surface area contributed by atoms with Gasteiger partial charge in [0.15, 0.2) is 5.65 Å². The predicted octanol–water partition coefficient (Wildman–Crippen LogP) is 3.38. The molecule has 33 heavy (non-hydrogen) atoms. The normalized spacial score (nSPS) is 25.1. The van der Waals surface area contributed by atoms with Crippen molar-refractivity contribution in [1.29, 1.82) is 0 Å². The molecule has 6 rings (SSSR count). The molecule has 7 heteroatoms. The van der Waals surface area contributed by atoms with Crippen molar-refractivity contribution < 1.29 is 14.6 Å². The van der Waals surface area contributed by atoms with E-state index in [1.54, 1.807) is 0 Å². The topological polar surface area (TPSA) is 71.0 Å². The highest BCUT2D eigenvalue weighted by Crippen LogP contribution is 2.36. The SMILES string of the molecule is CC1COCCN1c1cc(N2CC3CCC(C2)O3)c2ccc(-c3ccc(CO)cc3)nc2n1. The van der Waals surface area contributed by atoms with Crippen LogP contribution in [0.5, 0.6) is 0 Å². The van der Waals surface area contributed by atoms with E-state index in [-0.39, 0.29) is 12.6 Å². The Morgan fingerprint density at radius 3 is 2.55 bits per heavy atom. The highest BCUT2D eigenvalue weighted by Gasteiger charge is 2.35. The molecule has 0 aliphatic carbocycles. The molecule has 1 aromatic carbocycles. The van der Waals surface area contributed by atoms with Crippen LogP contribution in [0.2, 0.25) is 0 Å². The standard InChI is InChI=1S/C26H30N4O3/c1-17-16-32-11-10-30(17)25-12-24(29-13-20-6-7-21(14-29)33-20)22-8-9-23(27-26(22)28-25)19-4-2-18(15-31)3-5-19/h2-5,8-9,12,17,20-21,31H,6-7,10-11,13-16H2,1H3. The van der Waals surface area contributed by atoms with Crippen LogP contribution < -0.4 is 9.80 Å². The third kappa shape index (κ3) is 3.94. The van der Waals surface area contributed by atoms with Crippen molar-refractivity contribution in [2.24, 2.45) is 0 Å². The highest BCUT2D eigenvalue weighted by molar-refractivity contribution is 5.93. The Labute approximate surface area is 194 Å². The summed E-state index contributed by atoms with van der Waals surface area (Å²) in [5.41, 5.74) is 4.77. The third-order valence-corrected chi connectivity index (χ3v) is 7.12. The zero-order valence-electron chi connectivity index (χ0n) is 19.0. The van der Waals surface area contributed by atoms with Crippen molar-refractivity contribution in [3.63, 3.8) is 0 Å². The number of nitrogens with zero attached hydrogens (tertiary/aromatic N) is 4. The average molecular weight is 447 g/mol. The van der Waals surface area contributed by atoms with Gasteiger partial charge in [-0.15, -0.1) is 0 Å². The van der Waals surface area contributed by atoms with Gasteiger partial charge in [0.05, 0.1) is 49.5 Å². The number of hydrogen-bond donors (Lipinski definition) is 1. The number of anilines is 2. The van der Waals surface area contributed by atoms with Gasteiger partial charge in [0.2, 0.25) is 0 Å². The second-order valence-corrected chi connectivity index (χ2v) is 9.40. The lowest BCUT2D eigenvalue weighted by molar-refractivity contribution is 0.0306. The Hall–Kier alpha value is -2.74. The number of aliphatic hydroxyl groups is 1. The number of ether oxygens (including phenoxy) is 2. The summed E-state index contributed by atoms with van der Waals surface area (Å²) in [5.74, 6) is 0.965. The minimum atomic E-state index is 0.0406. The maximum atomic E-state index is 9.36. The largest absolute Gasteiger partial charge is 0.392 e. The van der Waals surface area contributed by atoms with Gasteiger partial charge in [-0.1, -0.05) is 24.3 Å². The summed E-state index contributed by atoms with van der Waals surface area (Å²) in [7, 11) is 0. The molecule has 3 atom stereocenters. The molecule has 2 bridgehead atoms. The first-order valence-electron chi connectivity index (χ1n) is 11.9. The van der Waals surface area contributed by atoms with Crippen LogP contribution in [0.15, 0.2) is 42.5 Å². The molecule has 3 aromatic rings. The second kappa shape index (κ2) is 8.56. The van der Waals surface area contributed by atoms with Gasteiger partial charge in [-0.2, -0.15) is 0 Å². The molecule has 1 N–H and O–H groups in total. The summed E-state index contributed by atoms with van der Waals surface area (Å²) >= 11 is 0. The van der Waals surface area contributed by atoms with Crippen molar-refractivity contribution in [3.8, 4) is 11.3 Å². The van der Waals surface area contributed by atoms with Gasteiger partial charge in [0, 0.05) is 36.7 Å². The van der Waals surface area contributed by atoms with E-state index in [0.717, 1.165) is 66.1 Å². The van der Waals surface area contributed by atoms with E-state index in [1.807, 2.05) is 24.3 Å². The van der Waals surface area contributed by atoms with Crippen LogP contribution in [0.1, 0.15) is 25.3 Å². The maximum absolute atomic E-state index is 9.36. The van der Waals surface area contributed by atoms with Gasteiger partial charge in [-0.25, -0.2) is 9.97 Å². The van der Waals surface area contributed by atoms with Crippen LogP contribution in [-0.4, -0.2) is 66.2 Å². The third-order valence-electron chi connectivity index (χ3n) is 7.12. The summed E-state index contributed by atoms with van der Waals surface area (Å²) in [6, 6.07) is 14.6. The number of hydrogen-bond acceptors (Lipinski definition) is 7. The maximum Gasteiger partial charge on any atom is 0.164 e. The van der Waals surface area contributed by atoms with E-state index in [2.05, 4.69) is 34.9 Å². The molecule has 2 aromatic heterocycles. The van der Waals surface area contributed by atoms with E-state index in [1.165, 1.54) is 5.69 Å². The smallest absolute Gasteiger partial charge is 0.164 e. The molecule has 172 valence electrons. The molecule has 3 aliphatic rings. The molecule has 0 amide bonds. The summed E-state index contributed by atoms with van der Waals surface area (Å²) < 4.78 is 11.8. The number of aromatic nitrogens is 2. The van der Waals surface area contributed by atoms with Crippen LogP contribution >= 0.6 is 0 Å². The minimum absolute atomic E-state index is 0.0406. The summed E-state index contributed by atoms with van der Waals surface area (Å²) in [4.78, 5) is 14.9. The summed E-state index contributed by atoms with van der Waals surface area (Å²) in [6.07, 6.45) is 2.91. The van der Waals surface area contributed by atoms with Crippen LogP contribution in [0.25, 0.3) is 22.3 Å². The highest BCUT2D eigenvalue weighted by atomic mass is 16.5. The van der Waals surface area contributed by atoms with Crippen LogP contribution in [0, 0.1) is 0 Å². The summed E-state index contributed by atoms with van der Waals surface area (Å²) in [5, 5.41) is 10.4. The van der Waals surface area contributed by atoms with Crippen molar-refractivity contribution in [2.45, 2.75) is 44.6 Å². The minimum Gasteiger partial charge on any atom is -0.392 e. The van der Waals surface area contributed by atoms with Gasteiger partial charge in [-0.3, -0.25) is 0 Å². The quantitative estimate of drug-likeness (QED) is 0.659. The first-order valence-corrected chi connectivity index (χ1v) is 11.9. The Kier molecular flexibility index (Phi) is 5.40. The molecular formula is C26H30N4O3. The molecule has 3 unspecified atom stereocenters. The molecule has 7 nitrogen and oxygen atoms in total. The van der Waals surface area contributed by atoms with Crippen LogP contribution in [-0.2, 0) is 16.1 Å². The van der Waals surface area contributed by atoms with E-state index in [0.29, 0.717) is 25.4 Å². The van der Waals surface area contributed by atoms with Gasteiger partial charge in [0.25, 0.3) is 0 Å². The van der Waals surface area contributed by atoms with Crippen LogP contribution in [0.3, 0.4) is 0 Å². The van der Waals surface area contributed by atoms with Crippen LogP contribution in [0.4, 0.5) is 11.5 Å². The van der Waals surface area contributed by atoms with E-state index >= 15 is 0 Å². The van der Waals surface area contributed by atoms with Gasteiger partial charge < -0.3 is 24.4 Å². The van der Waals surface area contributed by atoms with Crippen molar-refractivity contribution >= 4 is 22.5 Å². The average Bonchev–Trinajstić information content (AvgIpc) is 3.20. The van der Waals surface area contributed by atoms with Gasteiger partial charge in [-0.05, 0) is 37.5 Å². The predicted molar refractivity (Wildman–Crippen MR) is 129 cm³/mol. The molecule has 3 aliphatic heterocycles. The molecule has 5 heterocycles.